The average molecular weight is 396 g/mol. The molecule has 2 unspecified atom stereocenters. The fraction of sp³-hybridized carbons (Fsp3) is 0.579. The van der Waals surface area contributed by atoms with Gasteiger partial charge in [0, 0.05) is 25.2 Å². The number of carbonyl (C=O) groups is 2. The molecular formula is C19H29N3O4S. The highest BCUT2D eigenvalue weighted by molar-refractivity contribution is 7.89. The van der Waals surface area contributed by atoms with Crippen molar-refractivity contribution in [2.45, 2.75) is 64.4 Å². The third-order valence-corrected chi connectivity index (χ3v) is 6.31. The van der Waals surface area contributed by atoms with Gasteiger partial charge in [0.15, 0.2) is 0 Å². The smallest absolute Gasteiger partial charge is 0.241 e. The molecular weight excluding hydrogens is 366 g/mol. The topological polar surface area (TPSA) is 95.6 Å². The Morgan fingerprint density at radius 3 is 2.44 bits per heavy atom. The van der Waals surface area contributed by atoms with E-state index in [-0.39, 0.29) is 28.7 Å². The third kappa shape index (κ3) is 4.87. The Hall–Kier alpha value is -1.93. The van der Waals surface area contributed by atoms with Crippen LogP contribution in [0.1, 0.15) is 46.6 Å². The molecule has 1 aromatic rings. The van der Waals surface area contributed by atoms with E-state index in [2.05, 4.69) is 10.0 Å². The summed E-state index contributed by atoms with van der Waals surface area (Å²) < 4.78 is 28.2. The lowest BCUT2D eigenvalue weighted by Crippen LogP contribution is -2.51. The Morgan fingerprint density at radius 2 is 1.89 bits per heavy atom. The van der Waals surface area contributed by atoms with Crippen molar-refractivity contribution in [3.8, 4) is 0 Å². The summed E-state index contributed by atoms with van der Waals surface area (Å²) in [6, 6.07) is 3.84. The van der Waals surface area contributed by atoms with E-state index in [1.165, 1.54) is 13.0 Å². The van der Waals surface area contributed by atoms with Crippen LogP contribution in [0.25, 0.3) is 0 Å². The second kappa shape index (κ2) is 8.39. The standard InChI is InChI=1S/C19H29N3O4S/c1-6-13(4)20-19(24)18(12(2)3)21-27(25,26)16-7-8-17-15(11-16)9-10-22(17)14(5)23/h7-8,11-13,18,21H,6,9-10H2,1-5H3,(H,20,24). The number of rotatable bonds is 7. The minimum absolute atomic E-state index is 0.0270. The summed E-state index contributed by atoms with van der Waals surface area (Å²) in [5.74, 6) is -0.595. The van der Waals surface area contributed by atoms with Crippen molar-refractivity contribution < 1.29 is 18.0 Å². The summed E-state index contributed by atoms with van der Waals surface area (Å²) in [4.78, 5) is 25.9. The second-order valence-corrected chi connectivity index (χ2v) is 9.09. The van der Waals surface area contributed by atoms with Crippen LogP contribution in [-0.4, -0.2) is 38.9 Å². The van der Waals surface area contributed by atoms with E-state index in [1.54, 1.807) is 30.9 Å². The number of nitrogens with zero attached hydrogens (tertiary/aromatic N) is 1. The van der Waals surface area contributed by atoms with Crippen LogP contribution in [0, 0.1) is 5.92 Å². The molecule has 0 saturated carbocycles. The summed E-state index contributed by atoms with van der Waals surface area (Å²) in [5.41, 5.74) is 1.56. The highest BCUT2D eigenvalue weighted by Gasteiger charge is 2.30. The number of hydrogen-bond acceptors (Lipinski definition) is 4. The van der Waals surface area contributed by atoms with E-state index in [4.69, 9.17) is 0 Å². The zero-order chi connectivity index (χ0) is 20.4. The molecule has 0 radical (unpaired) electrons. The number of benzene rings is 1. The van der Waals surface area contributed by atoms with Gasteiger partial charge in [-0.05, 0) is 49.4 Å². The van der Waals surface area contributed by atoms with Crippen molar-refractivity contribution in [2.75, 3.05) is 11.4 Å². The van der Waals surface area contributed by atoms with Crippen LogP contribution in [0.4, 0.5) is 5.69 Å². The Kier molecular flexibility index (Phi) is 6.64. The molecule has 0 aromatic heterocycles. The van der Waals surface area contributed by atoms with Gasteiger partial charge >= 0.3 is 0 Å². The Morgan fingerprint density at radius 1 is 1.22 bits per heavy atom. The molecule has 27 heavy (non-hydrogen) atoms. The first-order valence-corrected chi connectivity index (χ1v) is 10.8. The molecule has 7 nitrogen and oxygen atoms in total. The maximum Gasteiger partial charge on any atom is 0.241 e. The molecule has 8 heteroatoms. The molecule has 0 saturated heterocycles. The van der Waals surface area contributed by atoms with Crippen molar-refractivity contribution in [2.24, 2.45) is 5.92 Å². The van der Waals surface area contributed by atoms with Crippen molar-refractivity contribution >= 4 is 27.5 Å². The lowest BCUT2D eigenvalue weighted by Gasteiger charge is -2.23. The normalized spacial score (nSPS) is 16.1. The lowest BCUT2D eigenvalue weighted by atomic mass is 10.0. The second-order valence-electron chi connectivity index (χ2n) is 7.37. The summed E-state index contributed by atoms with van der Waals surface area (Å²) >= 11 is 0. The molecule has 2 rings (SSSR count). The van der Waals surface area contributed by atoms with E-state index in [9.17, 15) is 18.0 Å². The van der Waals surface area contributed by atoms with Crippen LogP contribution in [0.3, 0.4) is 0 Å². The zero-order valence-corrected chi connectivity index (χ0v) is 17.4. The summed E-state index contributed by atoms with van der Waals surface area (Å²) in [7, 11) is -3.87. The molecule has 0 fully saturated rings. The molecule has 0 aliphatic carbocycles. The maximum atomic E-state index is 12.9. The molecule has 1 heterocycles. The fourth-order valence-corrected chi connectivity index (χ4v) is 4.43. The summed E-state index contributed by atoms with van der Waals surface area (Å²) in [6.45, 7) is 9.48. The van der Waals surface area contributed by atoms with Gasteiger partial charge in [-0.25, -0.2) is 8.42 Å². The zero-order valence-electron chi connectivity index (χ0n) is 16.6. The van der Waals surface area contributed by atoms with Crippen LogP contribution < -0.4 is 14.9 Å². The minimum Gasteiger partial charge on any atom is -0.352 e. The Bertz CT molecular complexity index is 820. The van der Waals surface area contributed by atoms with E-state index >= 15 is 0 Å². The first-order valence-electron chi connectivity index (χ1n) is 9.30. The quantitative estimate of drug-likeness (QED) is 0.736. The van der Waals surface area contributed by atoms with Crippen molar-refractivity contribution in [1.29, 1.82) is 0 Å². The number of carbonyl (C=O) groups excluding carboxylic acids is 2. The van der Waals surface area contributed by atoms with Gasteiger partial charge in [0.25, 0.3) is 0 Å². The number of amides is 2. The van der Waals surface area contributed by atoms with Crippen LogP contribution in [0.2, 0.25) is 0 Å². The highest BCUT2D eigenvalue weighted by atomic mass is 32.2. The number of nitrogens with one attached hydrogen (secondary N) is 2. The van der Waals surface area contributed by atoms with Gasteiger partial charge < -0.3 is 10.2 Å². The highest BCUT2D eigenvalue weighted by Crippen LogP contribution is 2.30. The van der Waals surface area contributed by atoms with Crippen LogP contribution in [-0.2, 0) is 26.0 Å². The molecule has 2 atom stereocenters. The molecule has 0 spiro atoms. The van der Waals surface area contributed by atoms with E-state index in [1.807, 2.05) is 13.8 Å². The average Bonchev–Trinajstić information content (AvgIpc) is 3.02. The maximum absolute atomic E-state index is 12.9. The monoisotopic (exact) mass is 395 g/mol. The molecule has 1 aliphatic rings. The van der Waals surface area contributed by atoms with Gasteiger partial charge in [0.05, 0.1) is 4.90 Å². The molecule has 1 aliphatic heterocycles. The first kappa shape index (κ1) is 21.4. The first-order chi connectivity index (χ1) is 12.6. The van der Waals surface area contributed by atoms with Crippen LogP contribution in [0.15, 0.2) is 23.1 Å². The molecule has 0 bridgehead atoms. The Balaban J connectivity index is 2.24. The Labute approximate surface area is 161 Å². The van der Waals surface area contributed by atoms with Gasteiger partial charge in [-0.2, -0.15) is 4.72 Å². The lowest BCUT2D eigenvalue weighted by molar-refractivity contribution is -0.124. The van der Waals surface area contributed by atoms with E-state index in [0.29, 0.717) is 13.0 Å². The summed E-state index contributed by atoms with van der Waals surface area (Å²) in [6.07, 6.45) is 1.38. The summed E-state index contributed by atoms with van der Waals surface area (Å²) in [5, 5.41) is 2.83. The van der Waals surface area contributed by atoms with Gasteiger partial charge in [0.1, 0.15) is 6.04 Å². The third-order valence-electron chi connectivity index (χ3n) is 4.87. The molecule has 1 aromatic carbocycles. The van der Waals surface area contributed by atoms with Crippen LogP contribution in [0.5, 0.6) is 0 Å². The van der Waals surface area contributed by atoms with Gasteiger partial charge in [0.2, 0.25) is 21.8 Å². The van der Waals surface area contributed by atoms with Crippen LogP contribution >= 0.6 is 0 Å². The van der Waals surface area contributed by atoms with Gasteiger partial charge in [-0.15, -0.1) is 0 Å². The molecule has 150 valence electrons. The molecule has 2 amide bonds. The predicted octanol–water partition coefficient (Wildman–Crippen LogP) is 1.81. The van der Waals surface area contributed by atoms with Crippen molar-refractivity contribution in [1.82, 2.24) is 10.0 Å². The van der Waals surface area contributed by atoms with E-state index in [0.717, 1.165) is 17.7 Å². The van der Waals surface area contributed by atoms with Crippen molar-refractivity contribution in [3.05, 3.63) is 23.8 Å². The van der Waals surface area contributed by atoms with Crippen molar-refractivity contribution in [3.63, 3.8) is 0 Å². The molecule has 2 N–H and O–H groups in total. The van der Waals surface area contributed by atoms with Gasteiger partial charge in [-0.3, -0.25) is 9.59 Å². The SMILES string of the molecule is CCC(C)NC(=O)C(NS(=O)(=O)c1ccc2c(c1)CCN2C(C)=O)C(C)C. The van der Waals surface area contributed by atoms with E-state index < -0.39 is 16.1 Å². The predicted molar refractivity (Wildman–Crippen MR) is 105 cm³/mol. The largest absolute Gasteiger partial charge is 0.352 e. The number of fused-ring (bicyclic) bond motifs is 1. The minimum atomic E-state index is -3.87. The van der Waals surface area contributed by atoms with Gasteiger partial charge in [-0.1, -0.05) is 20.8 Å². The number of sulfonamides is 1. The number of anilines is 1. The number of hydrogen-bond donors (Lipinski definition) is 2. The fourth-order valence-electron chi connectivity index (χ4n) is 3.03.